The number of nitrogens with one attached hydrogen (secondary N) is 1. The second kappa shape index (κ2) is 8.01. The van der Waals surface area contributed by atoms with Crippen molar-refractivity contribution in [3.63, 3.8) is 0 Å². The summed E-state index contributed by atoms with van der Waals surface area (Å²) in [5.74, 6) is -1.15. The summed E-state index contributed by atoms with van der Waals surface area (Å²) >= 11 is 0. The van der Waals surface area contributed by atoms with Crippen LogP contribution in [0.4, 0.5) is 0 Å². The average Bonchev–Trinajstić information content (AvgIpc) is 3.08. The van der Waals surface area contributed by atoms with Crippen molar-refractivity contribution >= 4 is 22.9 Å². The van der Waals surface area contributed by atoms with E-state index in [0.29, 0.717) is 12.1 Å². The summed E-state index contributed by atoms with van der Waals surface area (Å²) in [5.41, 5.74) is 3.37. The highest BCUT2D eigenvalue weighted by Gasteiger charge is 2.26. The highest BCUT2D eigenvalue weighted by Crippen LogP contribution is 2.14. The maximum absolute atomic E-state index is 12.3. The predicted molar refractivity (Wildman–Crippen MR) is 100 cm³/mol. The number of benzene rings is 2. The quantitative estimate of drug-likeness (QED) is 0.647. The molecular formula is C20H21N3O4. The lowest BCUT2D eigenvalue weighted by Crippen LogP contribution is -2.48. The molecule has 0 aliphatic carbocycles. The van der Waals surface area contributed by atoms with Crippen LogP contribution in [0.15, 0.2) is 54.9 Å². The Morgan fingerprint density at radius 1 is 1.19 bits per heavy atom. The average molecular weight is 367 g/mol. The zero-order valence-corrected chi connectivity index (χ0v) is 15.1. The second-order valence-corrected chi connectivity index (χ2v) is 6.27. The van der Waals surface area contributed by atoms with E-state index in [0.717, 1.165) is 16.6 Å². The SMILES string of the molecule is COC(=O)[C@@H](NC(=O)c1ccc(Cn2cnc3ccccc32)cc1)[C@@H](C)O. The van der Waals surface area contributed by atoms with E-state index in [4.69, 9.17) is 0 Å². The molecule has 2 atom stereocenters. The van der Waals surface area contributed by atoms with Gasteiger partial charge in [0.05, 0.1) is 30.6 Å². The first-order valence-corrected chi connectivity index (χ1v) is 8.55. The van der Waals surface area contributed by atoms with Crippen LogP contribution in [0.25, 0.3) is 11.0 Å². The lowest BCUT2D eigenvalue weighted by Gasteiger charge is -2.19. The van der Waals surface area contributed by atoms with Gasteiger partial charge < -0.3 is 19.7 Å². The number of carbonyl (C=O) groups excluding carboxylic acids is 2. The second-order valence-electron chi connectivity index (χ2n) is 6.27. The third kappa shape index (κ3) is 4.15. The van der Waals surface area contributed by atoms with Gasteiger partial charge in [0.2, 0.25) is 0 Å². The zero-order valence-electron chi connectivity index (χ0n) is 15.1. The van der Waals surface area contributed by atoms with Gasteiger partial charge in [-0.3, -0.25) is 4.79 Å². The molecule has 2 aromatic carbocycles. The number of fused-ring (bicyclic) bond motifs is 1. The standard InChI is InChI=1S/C20H21N3O4/c1-13(24)18(20(26)27-2)22-19(25)15-9-7-14(8-10-15)11-23-12-21-16-5-3-4-6-17(16)23/h3-10,12-13,18,24H,11H2,1-2H3,(H,22,25)/t13-,18+/m1/s1. The summed E-state index contributed by atoms with van der Waals surface area (Å²) in [5, 5.41) is 12.2. The summed E-state index contributed by atoms with van der Waals surface area (Å²) in [6.45, 7) is 2.04. The number of esters is 1. The van der Waals surface area contributed by atoms with Gasteiger partial charge in [0.1, 0.15) is 0 Å². The molecule has 1 aromatic heterocycles. The smallest absolute Gasteiger partial charge is 0.331 e. The molecule has 0 aliphatic rings. The number of aliphatic hydroxyl groups excluding tert-OH is 1. The third-order valence-electron chi connectivity index (χ3n) is 4.32. The molecule has 1 amide bonds. The number of para-hydroxylation sites is 2. The molecule has 7 heteroatoms. The van der Waals surface area contributed by atoms with Gasteiger partial charge in [0.25, 0.3) is 5.91 Å². The fourth-order valence-electron chi connectivity index (χ4n) is 2.82. The number of methoxy groups -OCH3 is 1. The number of imidazole rings is 1. The van der Waals surface area contributed by atoms with E-state index in [1.54, 1.807) is 18.5 Å². The van der Waals surface area contributed by atoms with Gasteiger partial charge in [-0.25, -0.2) is 9.78 Å². The molecule has 27 heavy (non-hydrogen) atoms. The van der Waals surface area contributed by atoms with Gasteiger partial charge in [-0.05, 0) is 36.8 Å². The Morgan fingerprint density at radius 2 is 1.89 bits per heavy atom. The van der Waals surface area contributed by atoms with Gasteiger partial charge >= 0.3 is 5.97 Å². The van der Waals surface area contributed by atoms with Gasteiger partial charge in [-0.15, -0.1) is 0 Å². The lowest BCUT2D eigenvalue weighted by molar-refractivity contribution is -0.145. The molecule has 0 saturated heterocycles. The first-order chi connectivity index (χ1) is 13.0. The predicted octanol–water partition coefficient (Wildman–Crippen LogP) is 1.74. The number of aliphatic hydroxyl groups is 1. The number of hydrogen-bond acceptors (Lipinski definition) is 5. The summed E-state index contributed by atoms with van der Waals surface area (Å²) in [7, 11) is 1.21. The minimum absolute atomic E-state index is 0.392. The fourth-order valence-corrected chi connectivity index (χ4v) is 2.82. The van der Waals surface area contributed by atoms with Gasteiger partial charge in [0.15, 0.2) is 6.04 Å². The van der Waals surface area contributed by atoms with Crippen LogP contribution in [0.2, 0.25) is 0 Å². The molecule has 3 rings (SSSR count). The van der Waals surface area contributed by atoms with Crippen LogP contribution in [-0.2, 0) is 16.1 Å². The Labute approximate surface area is 156 Å². The zero-order chi connectivity index (χ0) is 19.4. The van der Waals surface area contributed by atoms with Gasteiger partial charge in [-0.2, -0.15) is 0 Å². The number of ether oxygens (including phenoxy) is 1. The number of amides is 1. The van der Waals surface area contributed by atoms with Gasteiger partial charge in [-0.1, -0.05) is 24.3 Å². The van der Waals surface area contributed by atoms with Crippen molar-refractivity contribution in [2.24, 2.45) is 0 Å². The number of carbonyl (C=O) groups is 2. The Bertz CT molecular complexity index is 947. The van der Waals surface area contributed by atoms with Crippen molar-refractivity contribution in [3.8, 4) is 0 Å². The first kappa shape index (κ1) is 18.6. The fraction of sp³-hybridized carbons (Fsp3) is 0.250. The van der Waals surface area contributed by atoms with E-state index in [1.165, 1.54) is 14.0 Å². The van der Waals surface area contributed by atoms with Crippen molar-refractivity contribution < 1.29 is 19.4 Å². The van der Waals surface area contributed by atoms with E-state index < -0.39 is 24.0 Å². The topological polar surface area (TPSA) is 93.5 Å². The number of hydrogen-bond donors (Lipinski definition) is 2. The highest BCUT2D eigenvalue weighted by molar-refractivity contribution is 5.97. The molecular weight excluding hydrogens is 346 g/mol. The van der Waals surface area contributed by atoms with Crippen LogP contribution < -0.4 is 5.32 Å². The molecule has 0 radical (unpaired) electrons. The van der Waals surface area contributed by atoms with E-state index in [1.807, 2.05) is 41.0 Å². The molecule has 0 bridgehead atoms. The Kier molecular flexibility index (Phi) is 5.52. The van der Waals surface area contributed by atoms with Crippen LogP contribution >= 0.6 is 0 Å². The maximum atomic E-state index is 12.3. The van der Waals surface area contributed by atoms with Crippen LogP contribution in [0, 0.1) is 0 Å². The van der Waals surface area contributed by atoms with Crippen LogP contribution in [0.1, 0.15) is 22.8 Å². The third-order valence-corrected chi connectivity index (χ3v) is 4.32. The molecule has 7 nitrogen and oxygen atoms in total. The van der Waals surface area contributed by atoms with E-state index in [9.17, 15) is 14.7 Å². The van der Waals surface area contributed by atoms with Gasteiger partial charge in [0, 0.05) is 12.1 Å². The number of aromatic nitrogens is 2. The minimum atomic E-state index is -1.11. The molecule has 1 heterocycles. The first-order valence-electron chi connectivity index (χ1n) is 8.55. The summed E-state index contributed by atoms with van der Waals surface area (Å²) in [6.07, 6.45) is 0.727. The van der Waals surface area contributed by atoms with Crippen molar-refractivity contribution in [2.75, 3.05) is 7.11 Å². The van der Waals surface area contributed by atoms with Crippen LogP contribution in [0.3, 0.4) is 0 Å². The van der Waals surface area contributed by atoms with Crippen LogP contribution in [-0.4, -0.2) is 45.8 Å². The van der Waals surface area contributed by atoms with Crippen molar-refractivity contribution in [1.29, 1.82) is 0 Å². The Hall–Kier alpha value is -3.19. The Balaban J connectivity index is 1.71. The molecule has 0 saturated carbocycles. The molecule has 140 valence electrons. The van der Waals surface area contributed by atoms with E-state index >= 15 is 0 Å². The normalized spacial score (nSPS) is 13.1. The number of nitrogens with zero attached hydrogens (tertiary/aromatic N) is 2. The summed E-state index contributed by atoms with van der Waals surface area (Å²) < 4.78 is 6.63. The molecule has 3 aromatic rings. The molecule has 0 unspecified atom stereocenters. The van der Waals surface area contributed by atoms with Crippen molar-refractivity contribution in [3.05, 3.63) is 66.0 Å². The lowest BCUT2D eigenvalue weighted by atomic mass is 10.1. The highest BCUT2D eigenvalue weighted by atomic mass is 16.5. The molecule has 2 N–H and O–H groups in total. The van der Waals surface area contributed by atoms with E-state index in [2.05, 4.69) is 15.0 Å². The Morgan fingerprint density at radius 3 is 2.56 bits per heavy atom. The van der Waals surface area contributed by atoms with Crippen LogP contribution in [0.5, 0.6) is 0 Å². The van der Waals surface area contributed by atoms with Crippen molar-refractivity contribution in [2.45, 2.75) is 25.6 Å². The maximum Gasteiger partial charge on any atom is 0.331 e. The molecule has 0 fully saturated rings. The largest absolute Gasteiger partial charge is 0.467 e. The monoisotopic (exact) mass is 367 g/mol. The summed E-state index contributed by atoms with van der Waals surface area (Å²) in [6, 6.07) is 13.8. The van der Waals surface area contributed by atoms with Crippen molar-refractivity contribution in [1.82, 2.24) is 14.9 Å². The number of rotatable bonds is 6. The minimum Gasteiger partial charge on any atom is -0.467 e. The summed E-state index contributed by atoms with van der Waals surface area (Å²) in [4.78, 5) is 28.4. The molecule has 0 spiro atoms. The van der Waals surface area contributed by atoms with E-state index in [-0.39, 0.29) is 0 Å². The molecule has 0 aliphatic heterocycles.